The Hall–Kier alpha value is -1.03. The van der Waals surface area contributed by atoms with Crippen LogP contribution in [0.25, 0.3) is 0 Å². The van der Waals surface area contributed by atoms with Crippen molar-refractivity contribution >= 4 is 6.09 Å². The van der Waals surface area contributed by atoms with E-state index in [0.29, 0.717) is 19.1 Å². The van der Waals surface area contributed by atoms with Crippen LogP contribution in [0, 0.1) is 5.41 Å². The van der Waals surface area contributed by atoms with Crippen LogP contribution in [0.2, 0.25) is 0 Å². The molecule has 4 heteroatoms. The number of likely N-dealkylation sites (tertiary alicyclic amines) is 1. The second-order valence-corrected chi connectivity index (χ2v) is 4.59. The molecular formula is C11H18N2O2. The normalized spacial score (nSPS) is 28.6. The van der Waals surface area contributed by atoms with E-state index in [-0.39, 0.29) is 5.41 Å². The fourth-order valence-electron chi connectivity index (χ4n) is 2.61. The monoisotopic (exact) mass is 210 g/mol. The van der Waals surface area contributed by atoms with Gasteiger partial charge in [-0.3, -0.25) is 0 Å². The maximum atomic E-state index is 10.8. The predicted molar refractivity (Wildman–Crippen MR) is 57.9 cm³/mol. The summed E-state index contributed by atoms with van der Waals surface area (Å²) in [6.07, 6.45) is 6.78. The van der Waals surface area contributed by atoms with Crippen molar-refractivity contribution in [1.29, 1.82) is 0 Å². The Morgan fingerprint density at radius 1 is 1.53 bits per heavy atom. The van der Waals surface area contributed by atoms with E-state index >= 15 is 0 Å². The van der Waals surface area contributed by atoms with Gasteiger partial charge >= 0.3 is 6.09 Å². The lowest BCUT2D eigenvalue weighted by molar-refractivity contribution is 0.106. The highest BCUT2D eigenvalue weighted by Crippen LogP contribution is 2.41. The number of amides is 1. The van der Waals surface area contributed by atoms with Crippen LogP contribution < -0.4 is 5.32 Å². The summed E-state index contributed by atoms with van der Waals surface area (Å²) < 4.78 is 0. The maximum Gasteiger partial charge on any atom is 0.407 e. The maximum absolute atomic E-state index is 10.8. The molecule has 1 fully saturated rings. The smallest absolute Gasteiger partial charge is 0.407 e. The first kappa shape index (κ1) is 10.5. The van der Waals surface area contributed by atoms with E-state index in [1.54, 1.807) is 0 Å². The van der Waals surface area contributed by atoms with E-state index in [9.17, 15) is 4.79 Å². The minimum atomic E-state index is -0.781. The summed E-state index contributed by atoms with van der Waals surface area (Å²) >= 11 is 0. The quantitative estimate of drug-likeness (QED) is 0.641. The molecular weight excluding hydrogens is 192 g/mol. The Balaban J connectivity index is 1.94. The van der Waals surface area contributed by atoms with Crippen LogP contribution in [0.15, 0.2) is 12.2 Å². The van der Waals surface area contributed by atoms with Crippen LogP contribution in [-0.2, 0) is 0 Å². The van der Waals surface area contributed by atoms with Gasteiger partial charge in [-0.1, -0.05) is 12.2 Å². The van der Waals surface area contributed by atoms with Crippen molar-refractivity contribution in [2.75, 3.05) is 20.1 Å². The predicted octanol–water partition coefficient (Wildman–Crippen LogP) is 1.29. The zero-order chi connectivity index (χ0) is 10.9. The van der Waals surface area contributed by atoms with Crippen LogP contribution in [0.3, 0.4) is 0 Å². The van der Waals surface area contributed by atoms with E-state index < -0.39 is 6.09 Å². The molecule has 0 aromatic rings. The molecule has 0 saturated carbocycles. The Bertz CT molecular complexity index is 280. The molecule has 2 N–H and O–H groups in total. The third-order valence-electron chi connectivity index (χ3n) is 3.71. The summed E-state index contributed by atoms with van der Waals surface area (Å²) in [5, 5.41) is 12.1. The van der Waals surface area contributed by atoms with Crippen LogP contribution in [0.4, 0.5) is 4.79 Å². The third-order valence-corrected chi connectivity index (χ3v) is 3.71. The van der Waals surface area contributed by atoms with Crippen molar-refractivity contribution in [3.63, 3.8) is 0 Å². The summed E-state index contributed by atoms with van der Waals surface area (Å²) in [6.45, 7) is 1.35. The van der Waals surface area contributed by atoms with Crippen LogP contribution in [0.5, 0.6) is 0 Å². The number of likely N-dealkylation sites (N-methyl/N-ethyl adjacent to an activating group) is 1. The van der Waals surface area contributed by atoms with Gasteiger partial charge in [-0.25, -0.2) is 4.79 Å². The Kier molecular flexibility index (Phi) is 2.69. The highest BCUT2D eigenvalue weighted by molar-refractivity contribution is 5.65. The van der Waals surface area contributed by atoms with Gasteiger partial charge in [0.15, 0.2) is 0 Å². The summed E-state index contributed by atoms with van der Waals surface area (Å²) in [6, 6.07) is 0.473. The van der Waals surface area contributed by atoms with Crippen molar-refractivity contribution < 1.29 is 9.90 Å². The number of rotatable bonds is 1. The summed E-state index contributed by atoms with van der Waals surface area (Å²) in [4.78, 5) is 12.3. The zero-order valence-electron chi connectivity index (χ0n) is 9.07. The number of carboxylic acid groups (broad SMARTS) is 1. The Labute approximate surface area is 90.0 Å². The van der Waals surface area contributed by atoms with Gasteiger partial charge in [-0.05, 0) is 31.7 Å². The van der Waals surface area contributed by atoms with Gasteiger partial charge in [0, 0.05) is 19.1 Å². The molecule has 1 unspecified atom stereocenters. The first-order valence-electron chi connectivity index (χ1n) is 5.50. The number of hydrogen-bond donors (Lipinski definition) is 2. The molecule has 1 amide bonds. The number of hydrogen-bond acceptors (Lipinski definition) is 2. The lowest BCUT2D eigenvalue weighted by atomic mass is 9.77. The standard InChI is InChI=1S/C11H18N2O2/c1-12-9-2-3-11(8-9)4-6-13(7-5-11)10(14)15/h2-3,9,12H,4-8H2,1H3,(H,14,15). The number of nitrogens with zero attached hydrogens (tertiary/aromatic N) is 1. The Morgan fingerprint density at radius 2 is 2.20 bits per heavy atom. The molecule has 1 saturated heterocycles. The van der Waals surface area contributed by atoms with Crippen molar-refractivity contribution in [2.24, 2.45) is 5.41 Å². The van der Waals surface area contributed by atoms with Crippen molar-refractivity contribution in [3.05, 3.63) is 12.2 Å². The fourth-order valence-corrected chi connectivity index (χ4v) is 2.61. The highest BCUT2D eigenvalue weighted by Gasteiger charge is 2.38. The van der Waals surface area contributed by atoms with Crippen molar-refractivity contribution in [1.82, 2.24) is 10.2 Å². The number of nitrogens with one attached hydrogen (secondary N) is 1. The van der Waals surface area contributed by atoms with Gasteiger partial charge in [0.1, 0.15) is 0 Å². The minimum absolute atomic E-state index is 0.264. The molecule has 0 aromatic heterocycles. The van der Waals surface area contributed by atoms with Crippen LogP contribution >= 0.6 is 0 Å². The van der Waals surface area contributed by atoms with E-state index in [2.05, 4.69) is 17.5 Å². The average molecular weight is 210 g/mol. The number of piperidine rings is 1. The molecule has 1 atom stereocenters. The van der Waals surface area contributed by atoms with E-state index in [0.717, 1.165) is 19.3 Å². The van der Waals surface area contributed by atoms with E-state index in [1.807, 2.05) is 7.05 Å². The van der Waals surface area contributed by atoms with Crippen molar-refractivity contribution in [3.8, 4) is 0 Å². The van der Waals surface area contributed by atoms with Gasteiger partial charge in [0.2, 0.25) is 0 Å². The molecule has 0 radical (unpaired) electrons. The lowest BCUT2D eigenvalue weighted by Crippen LogP contribution is -2.42. The molecule has 1 aliphatic heterocycles. The average Bonchev–Trinajstić information content (AvgIpc) is 2.62. The molecule has 0 bridgehead atoms. The highest BCUT2D eigenvalue weighted by atomic mass is 16.4. The van der Waals surface area contributed by atoms with Gasteiger partial charge in [-0.15, -0.1) is 0 Å². The number of carbonyl (C=O) groups is 1. The lowest BCUT2D eigenvalue weighted by Gasteiger charge is -2.37. The molecule has 1 heterocycles. The number of allylic oxidation sites excluding steroid dienone is 1. The first-order valence-corrected chi connectivity index (χ1v) is 5.50. The fraction of sp³-hybridized carbons (Fsp3) is 0.727. The van der Waals surface area contributed by atoms with Gasteiger partial charge in [0.25, 0.3) is 0 Å². The molecule has 0 aromatic carbocycles. The zero-order valence-corrected chi connectivity index (χ0v) is 9.07. The molecule has 1 aliphatic carbocycles. The molecule has 1 spiro atoms. The molecule has 15 heavy (non-hydrogen) atoms. The van der Waals surface area contributed by atoms with Gasteiger partial charge < -0.3 is 15.3 Å². The molecule has 84 valence electrons. The van der Waals surface area contributed by atoms with Gasteiger partial charge in [-0.2, -0.15) is 0 Å². The second-order valence-electron chi connectivity index (χ2n) is 4.59. The molecule has 2 rings (SSSR count). The van der Waals surface area contributed by atoms with E-state index in [1.165, 1.54) is 4.90 Å². The van der Waals surface area contributed by atoms with Crippen molar-refractivity contribution in [2.45, 2.75) is 25.3 Å². The van der Waals surface area contributed by atoms with Gasteiger partial charge in [0.05, 0.1) is 0 Å². The van der Waals surface area contributed by atoms with Crippen LogP contribution in [-0.4, -0.2) is 42.3 Å². The largest absolute Gasteiger partial charge is 0.465 e. The summed E-state index contributed by atoms with van der Waals surface area (Å²) in [7, 11) is 1.97. The Morgan fingerprint density at radius 3 is 2.67 bits per heavy atom. The third kappa shape index (κ3) is 2.00. The summed E-state index contributed by atoms with van der Waals surface area (Å²) in [5.74, 6) is 0. The first-order chi connectivity index (χ1) is 7.15. The minimum Gasteiger partial charge on any atom is -0.465 e. The van der Waals surface area contributed by atoms with E-state index in [4.69, 9.17) is 5.11 Å². The second kappa shape index (κ2) is 3.85. The molecule has 2 aliphatic rings. The topological polar surface area (TPSA) is 52.6 Å². The van der Waals surface area contributed by atoms with Crippen LogP contribution in [0.1, 0.15) is 19.3 Å². The molecule has 4 nitrogen and oxygen atoms in total. The summed E-state index contributed by atoms with van der Waals surface area (Å²) in [5.41, 5.74) is 0.264. The SMILES string of the molecule is CNC1C=CC2(CCN(C(=O)O)CC2)C1.